The molecule has 0 aliphatic carbocycles. The zero-order valence-electron chi connectivity index (χ0n) is 10.2. The van der Waals surface area contributed by atoms with Crippen molar-refractivity contribution < 1.29 is 22.0 Å². The van der Waals surface area contributed by atoms with Gasteiger partial charge < -0.3 is 9.73 Å². The van der Waals surface area contributed by atoms with Crippen LogP contribution in [0.25, 0.3) is 0 Å². The van der Waals surface area contributed by atoms with Crippen LogP contribution in [-0.4, -0.2) is 0 Å². The lowest BCUT2D eigenvalue weighted by atomic mass is 10.2. The summed E-state index contributed by atoms with van der Waals surface area (Å²) in [4.78, 5) is 0. The molecule has 1 unspecified atom stereocenters. The summed E-state index contributed by atoms with van der Waals surface area (Å²) in [6.45, 7) is 3.26. The fourth-order valence-electron chi connectivity index (χ4n) is 1.67. The Morgan fingerprint density at radius 3 is 2.11 bits per heavy atom. The molecule has 1 heterocycles. The molecule has 0 aliphatic heterocycles. The Morgan fingerprint density at radius 1 is 1.05 bits per heavy atom. The highest BCUT2D eigenvalue weighted by Gasteiger charge is 2.21. The largest absolute Gasteiger partial charge is 0.464 e. The molecule has 0 amide bonds. The number of hydrogen-bond donors (Lipinski definition) is 1. The van der Waals surface area contributed by atoms with E-state index in [0.29, 0.717) is 11.5 Å². The van der Waals surface area contributed by atoms with Crippen LogP contribution < -0.4 is 5.32 Å². The van der Waals surface area contributed by atoms with Gasteiger partial charge >= 0.3 is 0 Å². The van der Waals surface area contributed by atoms with Gasteiger partial charge in [-0.15, -0.1) is 0 Å². The lowest BCUT2D eigenvalue weighted by molar-refractivity contribution is 0.447. The van der Waals surface area contributed by atoms with E-state index in [9.17, 15) is 17.6 Å². The predicted octanol–water partition coefficient (Wildman–Crippen LogP) is 4.32. The second-order valence-electron chi connectivity index (χ2n) is 4.16. The first-order chi connectivity index (χ1) is 8.90. The zero-order valence-corrected chi connectivity index (χ0v) is 10.2. The van der Waals surface area contributed by atoms with Crippen molar-refractivity contribution >= 4 is 5.69 Å². The van der Waals surface area contributed by atoms with Crippen LogP contribution in [-0.2, 0) is 0 Å². The number of furan rings is 1. The summed E-state index contributed by atoms with van der Waals surface area (Å²) in [6, 6.07) is 2.81. The van der Waals surface area contributed by atoms with Crippen LogP contribution in [0.1, 0.15) is 24.5 Å². The summed E-state index contributed by atoms with van der Waals surface area (Å²) in [7, 11) is 0. The van der Waals surface area contributed by atoms with E-state index in [1.165, 1.54) is 0 Å². The molecular weight excluding hydrogens is 262 g/mol. The highest BCUT2D eigenvalue weighted by atomic mass is 19.2. The molecule has 102 valence electrons. The number of halogens is 4. The number of rotatable bonds is 3. The van der Waals surface area contributed by atoms with Crippen molar-refractivity contribution in [3.8, 4) is 0 Å². The molecule has 0 bridgehead atoms. The fourth-order valence-corrected chi connectivity index (χ4v) is 1.67. The van der Waals surface area contributed by atoms with Crippen LogP contribution in [0.3, 0.4) is 0 Å². The molecule has 2 aromatic rings. The minimum absolute atomic E-state index is 0.164. The van der Waals surface area contributed by atoms with Gasteiger partial charge in [-0.3, -0.25) is 0 Å². The van der Waals surface area contributed by atoms with Gasteiger partial charge in [0.05, 0.1) is 6.04 Å². The van der Waals surface area contributed by atoms with E-state index in [2.05, 4.69) is 5.32 Å². The smallest absolute Gasteiger partial charge is 0.185 e. The quantitative estimate of drug-likeness (QED) is 0.665. The first kappa shape index (κ1) is 13.5. The number of anilines is 1. The van der Waals surface area contributed by atoms with Crippen LogP contribution >= 0.6 is 0 Å². The van der Waals surface area contributed by atoms with Crippen molar-refractivity contribution in [2.45, 2.75) is 19.9 Å². The molecule has 1 N–H and O–H groups in total. The maximum atomic E-state index is 13.4. The van der Waals surface area contributed by atoms with Gasteiger partial charge in [-0.25, -0.2) is 17.6 Å². The first-order valence-corrected chi connectivity index (χ1v) is 5.56. The maximum Gasteiger partial charge on any atom is 0.185 e. The molecule has 0 saturated carbocycles. The topological polar surface area (TPSA) is 25.2 Å². The minimum atomic E-state index is -1.46. The van der Waals surface area contributed by atoms with Crippen LogP contribution in [0.2, 0.25) is 0 Å². The molecule has 1 aromatic carbocycles. The fraction of sp³-hybridized carbons (Fsp3) is 0.231. The van der Waals surface area contributed by atoms with E-state index >= 15 is 0 Å². The third-order valence-corrected chi connectivity index (χ3v) is 2.66. The zero-order chi connectivity index (χ0) is 14.2. The minimum Gasteiger partial charge on any atom is -0.464 e. The van der Waals surface area contributed by atoms with Gasteiger partial charge in [0.15, 0.2) is 23.3 Å². The normalized spacial score (nSPS) is 12.5. The highest BCUT2D eigenvalue weighted by Crippen LogP contribution is 2.28. The summed E-state index contributed by atoms with van der Waals surface area (Å²) >= 11 is 0. The molecule has 1 aromatic heterocycles. The Balaban J connectivity index is 2.33. The first-order valence-electron chi connectivity index (χ1n) is 5.56. The van der Waals surface area contributed by atoms with Crippen LogP contribution in [0, 0.1) is 30.2 Å². The van der Waals surface area contributed by atoms with Crippen molar-refractivity contribution in [2.24, 2.45) is 0 Å². The Labute approximate surface area is 107 Å². The Bertz CT molecular complexity index is 583. The number of aryl methyl sites for hydroxylation is 1. The van der Waals surface area contributed by atoms with Gasteiger partial charge in [-0.05, 0) is 26.0 Å². The molecule has 2 nitrogen and oxygen atoms in total. The van der Waals surface area contributed by atoms with E-state index in [1.54, 1.807) is 26.0 Å². The summed E-state index contributed by atoms with van der Waals surface area (Å²) < 4.78 is 58.2. The van der Waals surface area contributed by atoms with Gasteiger partial charge in [0, 0.05) is 6.07 Å². The van der Waals surface area contributed by atoms with E-state index in [0.717, 1.165) is 0 Å². The Kier molecular flexibility index (Phi) is 3.50. The van der Waals surface area contributed by atoms with Crippen molar-refractivity contribution in [3.63, 3.8) is 0 Å². The predicted molar refractivity (Wildman–Crippen MR) is 61.8 cm³/mol. The third-order valence-electron chi connectivity index (χ3n) is 2.66. The van der Waals surface area contributed by atoms with Crippen LogP contribution in [0.5, 0.6) is 0 Å². The van der Waals surface area contributed by atoms with Gasteiger partial charge in [0.2, 0.25) is 0 Å². The van der Waals surface area contributed by atoms with Gasteiger partial charge in [-0.2, -0.15) is 0 Å². The van der Waals surface area contributed by atoms with E-state index in [4.69, 9.17) is 4.42 Å². The SMILES string of the molecule is Cc1ccc(C(C)Nc2c(F)c(F)cc(F)c2F)o1. The molecule has 0 aliphatic rings. The van der Waals surface area contributed by atoms with Gasteiger partial charge in [0.1, 0.15) is 17.2 Å². The molecule has 0 saturated heterocycles. The van der Waals surface area contributed by atoms with Gasteiger partial charge in [-0.1, -0.05) is 0 Å². The average molecular weight is 273 g/mol. The molecule has 0 radical (unpaired) electrons. The summed E-state index contributed by atoms with van der Waals surface area (Å²) in [6.07, 6.45) is 0. The monoisotopic (exact) mass is 273 g/mol. The van der Waals surface area contributed by atoms with Crippen molar-refractivity contribution in [1.29, 1.82) is 0 Å². The van der Waals surface area contributed by atoms with Crippen molar-refractivity contribution in [1.82, 2.24) is 0 Å². The van der Waals surface area contributed by atoms with Crippen molar-refractivity contribution in [2.75, 3.05) is 5.32 Å². The van der Waals surface area contributed by atoms with E-state index in [-0.39, 0.29) is 6.07 Å². The number of hydrogen-bond acceptors (Lipinski definition) is 2. The average Bonchev–Trinajstić information content (AvgIpc) is 2.79. The summed E-state index contributed by atoms with van der Waals surface area (Å²) in [5.74, 6) is -4.81. The van der Waals surface area contributed by atoms with Crippen LogP contribution in [0.15, 0.2) is 22.6 Å². The molecular formula is C13H11F4NO. The Morgan fingerprint density at radius 2 is 1.63 bits per heavy atom. The molecule has 2 rings (SSSR count). The molecule has 19 heavy (non-hydrogen) atoms. The summed E-state index contributed by atoms with van der Waals surface area (Å²) in [5.41, 5.74) is -0.848. The number of benzene rings is 1. The van der Waals surface area contributed by atoms with E-state index in [1.807, 2.05) is 0 Å². The summed E-state index contributed by atoms with van der Waals surface area (Å²) in [5, 5.41) is 2.37. The highest BCUT2D eigenvalue weighted by molar-refractivity contribution is 5.48. The third kappa shape index (κ3) is 2.57. The standard InChI is InChI=1S/C13H11F4NO/c1-6-3-4-10(19-6)7(2)18-13-11(16)8(14)5-9(15)12(13)17/h3-5,7,18H,1-2H3. The van der Waals surface area contributed by atoms with Crippen molar-refractivity contribution in [3.05, 3.63) is 53.0 Å². The number of nitrogens with one attached hydrogen (secondary N) is 1. The second-order valence-corrected chi connectivity index (χ2v) is 4.16. The second kappa shape index (κ2) is 4.95. The molecule has 0 spiro atoms. The van der Waals surface area contributed by atoms with E-state index < -0.39 is 35.0 Å². The lowest BCUT2D eigenvalue weighted by Gasteiger charge is -2.15. The van der Waals surface area contributed by atoms with Crippen LogP contribution in [0.4, 0.5) is 23.2 Å². The maximum absolute atomic E-state index is 13.4. The molecule has 1 atom stereocenters. The van der Waals surface area contributed by atoms with Gasteiger partial charge in [0.25, 0.3) is 0 Å². The Hall–Kier alpha value is -1.98. The molecule has 0 fully saturated rings. The molecule has 6 heteroatoms. The lowest BCUT2D eigenvalue weighted by Crippen LogP contribution is -2.11.